The summed E-state index contributed by atoms with van der Waals surface area (Å²) in [6, 6.07) is 9.24. The molecular formula is C22H28N2O3S. The fourth-order valence-corrected chi connectivity index (χ4v) is 4.40. The Kier molecular flexibility index (Phi) is 5.79. The highest BCUT2D eigenvalue weighted by Gasteiger charge is 2.27. The highest BCUT2D eigenvalue weighted by Crippen LogP contribution is 2.33. The second-order valence-electron chi connectivity index (χ2n) is 8.48. The van der Waals surface area contributed by atoms with Crippen LogP contribution in [0.3, 0.4) is 0 Å². The molecule has 3 rings (SSSR count). The molecule has 2 amide bonds. The summed E-state index contributed by atoms with van der Waals surface area (Å²) in [5, 5.41) is 13.1. The Labute approximate surface area is 170 Å². The van der Waals surface area contributed by atoms with Crippen molar-refractivity contribution < 1.29 is 14.7 Å². The van der Waals surface area contributed by atoms with E-state index in [0.717, 1.165) is 23.4 Å². The van der Waals surface area contributed by atoms with E-state index in [9.17, 15) is 14.7 Å². The second kappa shape index (κ2) is 7.95. The minimum atomic E-state index is -0.474. The average molecular weight is 401 g/mol. The molecule has 0 saturated carbocycles. The summed E-state index contributed by atoms with van der Waals surface area (Å²) in [5.41, 5.74) is 1.64. The van der Waals surface area contributed by atoms with Crippen molar-refractivity contribution in [2.75, 3.05) is 18.4 Å². The molecule has 1 aromatic carbocycles. The Bertz CT molecular complexity index is 857. The third kappa shape index (κ3) is 4.55. The van der Waals surface area contributed by atoms with Crippen LogP contribution < -0.4 is 5.32 Å². The van der Waals surface area contributed by atoms with Gasteiger partial charge in [0.15, 0.2) is 0 Å². The van der Waals surface area contributed by atoms with E-state index in [0.29, 0.717) is 23.9 Å². The van der Waals surface area contributed by atoms with Crippen molar-refractivity contribution in [2.24, 2.45) is 5.41 Å². The number of nitrogens with one attached hydrogen (secondary N) is 1. The van der Waals surface area contributed by atoms with E-state index in [1.165, 1.54) is 16.9 Å². The predicted molar refractivity (Wildman–Crippen MR) is 113 cm³/mol. The molecule has 28 heavy (non-hydrogen) atoms. The first-order valence-electron chi connectivity index (χ1n) is 9.65. The van der Waals surface area contributed by atoms with Crippen LogP contribution >= 0.6 is 11.3 Å². The van der Waals surface area contributed by atoms with Gasteiger partial charge in [0, 0.05) is 18.5 Å². The Morgan fingerprint density at radius 1 is 1.14 bits per heavy atom. The van der Waals surface area contributed by atoms with Crippen LogP contribution in [0.4, 0.5) is 5.00 Å². The minimum Gasteiger partial charge on any atom is -0.508 e. The molecule has 1 aliphatic heterocycles. The lowest BCUT2D eigenvalue weighted by Gasteiger charge is -2.32. The molecule has 1 saturated heterocycles. The Balaban J connectivity index is 1.63. The van der Waals surface area contributed by atoms with Gasteiger partial charge in [-0.25, -0.2) is 0 Å². The molecule has 2 heterocycles. The van der Waals surface area contributed by atoms with Gasteiger partial charge in [0.05, 0.1) is 9.88 Å². The number of phenols is 1. The number of phenolic OH excluding ortho intramolecular Hbond substituents is 1. The van der Waals surface area contributed by atoms with E-state index in [1.54, 1.807) is 12.1 Å². The van der Waals surface area contributed by atoms with Crippen molar-refractivity contribution in [3.05, 3.63) is 46.3 Å². The van der Waals surface area contributed by atoms with Gasteiger partial charge in [-0.05, 0) is 55.0 Å². The molecule has 1 aliphatic rings. The molecule has 1 aromatic heterocycles. The maximum absolute atomic E-state index is 13.0. The second-order valence-corrected chi connectivity index (χ2v) is 9.54. The molecule has 0 unspecified atom stereocenters. The number of likely N-dealkylation sites (tertiary alicyclic amines) is 1. The topological polar surface area (TPSA) is 69.6 Å². The molecule has 6 heteroatoms. The number of rotatable bonds is 3. The number of nitrogens with zero attached hydrogens (tertiary/aromatic N) is 1. The van der Waals surface area contributed by atoms with Gasteiger partial charge in [0.2, 0.25) is 5.91 Å². The fraction of sp³-hybridized carbons (Fsp3) is 0.455. The Morgan fingerprint density at radius 3 is 2.32 bits per heavy atom. The van der Waals surface area contributed by atoms with Gasteiger partial charge < -0.3 is 15.3 Å². The lowest BCUT2D eigenvalue weighted by atomic mass is 9.89. The van der Waals surface area contributed by atoms with E-state index >= 15 is 0 Å². The number of carbonyl (C=O) groups is 2. The maximum Gasteiger partial charge on any atom is 0.264 e. The van der Waals surface area contributed by atoms with Crippen LogP contribution in [0.2, 0.25) is 0 Å². The van der Waals surface area contributed by atoms with Gasteiger partial charge >= 0.3 is 0 Å². The standard InChI is InChI=1S/C22H28N2O3S/c1-14-13-18(23-21(27)22(2,3)4)28-19(14)20(26)24-11-9-16(10-12-24)15-5-7-17(25)8-6-15/h5-8,13,16,25H,9-12H2,1-4H3,(H,23,27). The minimum absolute atomic E-state index is 0.0444. The number of amides is 2. The van der Waals surface area contributed by atoms with Gasteiger partial charge in [0.1, 0.15) is 5.75 Å². The van der Waals surface area contributed by atoms with Crippen molar-refractivity contribution in [3.63, 3.8) is 0 Å². The van der Waals surface area contributed by atoms with Crippen molar-refractivity contribution in [3.8, 4) is 5.75 Å². The van der Waals surface area contributed by atoms with Crippen LogP contribution in [0, 0.1) is 12.3 Å². The molecule has 2 aromatic rings. The number of anilines is 1. The quantitative estimate of drug-likeness (QED) is 0.780. The molecule has 0 aliphatic carbocycles. The van der Waals surface area contributed by atoms with Crippen LogP contribution in [0.1, 0.15) is 60.3 Å². The van der Waals surface area contributed by atoms with Gasteiger partial charge in [-0.3, -0.25) is 9.59 Å². The monoisotopic (exact) mass is 400 g/mol. The molecule has 0 spiro atoms. The smallest absolute Gasteiger partial charge is 0.264 e. The summed E-state index contributed by atoms with van der Waals surface area (Å²) >= 11 is 1.35. The van der Waals surface area contributed by atoms with Crippen LogP contribution in [0.25, 0.3) is 0 Å². The maximum atomic E-state index is 13.0. The van der Waals surface area contributed by atoms with Crippen LogP contribution in [-0.2, 0) is 4.79 Å². The zero-order chi connectivity index (χ0) is 20.5. The van der Waals surface area contributed by atoms with Crippen LogP contribution in [0.5, 0.6) is 5.75 Å². The fourth-order valence-electron chi connectivity index (χ4n) is 3.36. The van der Waals surface area contributed by atoms with Gasteiger partial charge in [0.25, 0.3) is 5.91 Å². The number of piperidine rings is 1. The third-order valence-corrected chi connectivity index (χ3v) is 6.32. The van der Waals surface area contributed by atoms with Crippen molar-refractivity contribution in [2.45, 2.75) is 46.5 Å². The lowest BCUT2D eigenvalue weighted by Crippen LogP contribution is -2.37. The van der Waals surface area contributed by atoms with Crippen molar-refractivity contribution >= 4 is 28.2 Å². The van der Waals surface area contributed by atoms with Crippen molar-refractivity contribution in [1.82, 2.24) is 4.90 Å². The van der Waals surface area contributed by atoms with Crippen molar-refractivity contribution in [1.29, 1.82) is 0 Å². The predicted octanol–water partition coefficient (Wildman–Crippen LogP) is 4.77. The highest BCUT2D eigenvalue weighted by molar-refractivity contribution is 7.18. The molecule has 5 nitrogen and oxygen atoms in total. The number of aryl methyl sites for hydroxylation is 1. The van der Waals surface area contributed by atoms with Gasteiger partial charge in [-0.1, -0.05) is 32.9 Å². The number of carbonyl (C=O) groups excluding carboxylic acids is 2. The van der Waals surface area contributed by atoms with Crippen LogP contribution in [0.15, 0.2) is 30.3 Å². The normalized spacial score (nSPS) is 15.5. The largest absolute Gasteiger partial charge is 0.508 e. The van der Waals surface area contributed by atoms with E-state index < -0.39 is 5.41 Å². The summed E-state index contributed by atoms with van der Waals surface area (Å²) in [5.74, 6) is 0.681. The summed E-state index contributed by atoms with van der Waals surface area (Å²) in [4.78, 5) is 27.8. The number of hydrogen-bond donors (Lipinski definition) is 2. The zero-order valence-corrected chi connectivity index (χ0v) is 17.7. The average Bonchev–Trinajstić information content (AvgIpc) is 3.01. The number of hydrogen-bond acceptors (Lipinski definition) is 4. The molecule has 1 fully saturated rings. The van der Waals surface area contributed by atoms with E-state index in [2.05, 4.69) is 5.32 Å². The summed E-state index contributed by atoms with van der Waals surface area (Å²) < 4.78 is 0. The first-order valence-corrected chi connectivity index (χ1v) is 10.5. The molecule has 2 N–H and O–H groups in total. The van der Waals surface area contributed by atoms with E-state index in [4.69, 9.17) is 0 Å². The lowest BCUT2D eigenvalue weighted by molar-refractivity contribution is -0.123. The molecular weight excluding hydrogens is 372 g/mol. The first kappa shape index (κ1) is 20.4. The Hall–Kier alpha value is -2.34. The number of thiophene rings is 1. The summed E-state index contributed by atoms with van der Waals surface area (Å²) in [7, 11) is 0. The highest BCUT2D eigenvalue weighted by atomic mass is 32.1. The third-order valence-electron chi connectivity index (χ3n) is 5.18. The van der Waals surface area contributed by atoms with Crippen LogP contribution in [-0.4, -0.2) is 34.9 Å². The zero-order valence-electron chi connectivity index (χ0n) is 16.9. The molecule has 0 radical (unpaired) electrons. The van der Waals surface area contributed by atoms with Gasteiger partial charge in [-0.2, -0.15) is 0 Å². The molecule has 0 atom stereocenters. The molecule has 150 valence electrons. The van der Waals surface area contributed by atoms with E-state index in [1.807, 2.05) is 50.8 Å². The Morgan fingerprint density at radius 2 is 1.75 bits per heavy atom. The first-order chi connectivity index (χ1) is 13.1. The van der Waals surface area contributed by atoms with E-state index in [-0.39, 0.29) is 17.6 Å². The number of aromatic hydroxyl groups is 1. The SMILES string of the molecule is Cc1cc(NC(=O)C(C)(C)C)sc1C(=O)N1CCC(c2ccc(O)cc2)CC1. The summed E-state index contributed by atoms with van der Waals surface area (Å²) in [6.07, 6.45) is 1.82. The summed E-state index contributed by atoms with van der Waals surface area (Å²) in [6.45, 7) is 8.95. The van der Waals surface area contributed by atoms with Gasteiger partial charge in [-0.15, -0.1) is 11.3 Å². The molecule has 0 bridgehead atoms. The number of benzene rings is 1.